The highest BCUT2D eigenvalue weighted by molar-refractivity contribution is 6.23. The Balaban J connectivity index is 1.16. The van der Waals surface area contributed by atoms with Gasteiger partial charge in [-0.2, -0.15) is 0 Å². The highest BCUT2D eigenvalue weighted by Crippen LogP contribution is 2.52. The predicted molar refractivity (Wildman–Crippen MR) is 256 cm³/mol. The van der Waals surface area contributed by atoms with Crippen molar-refractivity contribution in [3.63, 3.8) is 0 Å². The number of aromatic nitrogens is 1. The molecule has 2 aliphatic heterocycles. The van der Waals surface area contributed by atoms with E-state index in [1.54, 1.807) is 0 Å². The van der Waals surface area contributed by atoms with Crippen molar-refractivity contribution in [1.82, 2.24) is 4.57 Å². The number of piperidine rings is 2. The van der Waals surface area contributed by atoms with E-state index in [1.165, 1.54) is 143 Å². The molecule has 1 aliphatic carbocycles. The van der Waals surface area contributed by atoms with Crippen molar-refractivity contribution in [1.29, 1.82) is 0 Å². The van der Waals surface area contributed by atoms with Crippen molar-refractivity contribution in [3.05, 3.63) is 163 Å². The van der Waals surface area contributed by atoms with Gasteiger partial charge in [-0.15, -0.1) is 0 Å². The van der Waals surface area contributed by atoms with Crippen molar-refractivity contribution in [3.8, 4) is 39.1 Å². The topological polar surface area (TPSA) is 11.4 Å². The first-order valence-electron chi connectivity index (χ1n) is 22.4. The van der Waals surface area contributed by atoms with Crippen LogP contribution in [0, 0.1) is 0 Å². The number of nitrogens with zero attached hydrogens (tertiary/aromatic N) is 3. The van der Waals surface area contributed by atoms with E-state index in [0.29, 0.717) is 0 Å². The first kappa shape index (κ1) is 35.6. The molecule has 0 saturated carbocycles. The SMILES string of the molecule is CC1(C)c2ccccc2-c2ccc(-c3c4ccc(N5CCCCC5)cc4c(-c4ccc5c(c4)c4ccccc4n5-c4ccccc4)c4ccc(N5CCCCC5)cc34)cc21. The van der Waals surface area contributed by atoms with Gasteiger partial charge in [0.15, 0.2) is 0 Å². The Bertz CT molecular complexity index is 3140. The summed E-state index contributed by atoms with van der Waals surface area (Å²) in [5.41, 5.74) is 17.1. The summed E-state index contributed by atoms with van der Waals surface area (Å²) in [6.07, 6.45) is 7.65. The number of benzene rings is 8. The summed E-state index contributed by atoms with van der Waals surface area (Å²) in [6.45, 7) is 9.29. The number of hydrogen-bond acceptors (Lipinski definition) is 2. The van der Waals surface area contributed by atoms with Gasteiger partial charge < -0.3 is 14.4 Å². The molecule has 3 nitrogen and oxygen atoms in total. The van der Waals surface area contributed by atoms with Crippen LogP contribution in [0.2, 0.25) is 0 Å². The molecule has 0 spiro atoms. The van der Waals surface area contributed by atoms with Crippen LogP contribution < -0.4 is 9.80 Å². The lowest BCUT2D eigenvalue weighted by Gasteiger charge is -2.30. The van der Waals surface area contributed by atoms with Crippen LogP contribution in [0.4, 0.5) is 11.4 Å². The van der Waals surface area contributed by atoms with Crippen LogP contribution in [-0.2, 0) is 5.41 Å². The first-order valence-corrected chi connectivity index (χ1v) is 22.4. The van der Waals surface area contributed by atoms with Gasteiger partial charge in [-0.3, -0.25) is 0 Å². The Hall–Kier alpha value is -6.32. The maximum Gasteiger partial charge on any atom is 0.0541 e. The van der Waals surface area contributed by atoms with E-state index in [1.807, 2.05) is 0 Å². The molecule has 12 rings (SSSR count). The average Bonchev–Trinajstić information content (AvgIpc) is 3.76. The van der Waals surface area contributed by atoms with E-state index in [0.717, 1.165) is 26.2 Å². The van der Waals surface area contributed by atoms with Gasteiger partial charge in [0.2, 0.25) is 0 Å². The second-order valence-corrected chi connectivity index (χ2v) is 18.2. The molecule has 0 radical (unpaired) electrons. The summed E-state index contributed by atoms with van der Waals surface area (Å²) >= 11 is 0. The lowest BCUT2D eigenvalue weighted by molar-refractivity contribution is 0.578. The predicted octanol–water partition coefficient (Wildman–Crippen LogP) is 14.7. The molecule has 0 bridgehead atoms. The summed E-state index contributed by atoms with van der Waals surface area (Å²) in [6, 6.07) is 58.3. The molecule has 294 valence electrons. The minimum Gasteiger partial charge on any atom is -0.372 e. The minimum atomic E-state index is -0.0811. The van der Waals surface area contributed by atoms with Gasteiger partial charge >= 0.3 is 0 Å². The third kappa shape index (κ3) is 5.48. The van der Waals surface area contributed by atoms with Crippen LogP contribution in [0.5, 0.6) is 0 Å². The van der Waals surface area contributed by atoms with E-state index < -0.39 is 0 Å². The molecule has 2 saturated heterocycles. The van der Waals surface area contributed by atoms with Crippen molar-refractivity contribution < 1.29 is 0 Å². The molecular formula is C57H51N3. The molecule has 9 aromatic rings. The van der Waals surface area contributed by atoms with Crippen molar-refractivity contribution in [2.75, 3.05) is 36.0 Å². The van der Waals surface area contributed by atoms with Gasteiger partial charge in [0, 0.05) is 59.4 Å². The third-order valence-electron chi connectivity index (χ3n) is 14.4. The monoisotopic (exact) mass is 777 g/mol. The quantitative estimate of drug-likeness (QED) is 0.161. The van der Waals surface area contributed by atoms with Crippen LogP contribution in [-0.4, -0.2) is 30.7 Å². The molecule has 2 fully saturated rings. The normalized spacial score (nSPS) is 16.2. The maximum absolute atomic E-state index is 2.63. The number of rotatable bonds is 5. The molecule has 0 amide bonds. The number of fused-ring (bicyclic) bond motifs is 8. The Morgan fingerprint density at radius 1 is 0.367 bits per heavy atom. The van der Waals surface area contributed by atoms with Crippen LogP contribution in [0.25, 0.3) is 82.4 Å². The molecule has 0 unspecified atom stereocenters. The van der Waals surface area contributed by atoms with Crippen LogP contribution >= 0.6 is 0 Å². The molecule has 3 heteroatoms. The fourth-order valence-electron chi connectivity index (χ4n) is 11.4. The third-order valence-corrected chi connectivity index (χ3v) is 14.4. The fourth-order valence-corrected chi connectivity index (χ4v) is 11.4. The number of hydrogen-bond donors (Lipinski definition) is 0. The van der Waals surface area contributed by atoms with E-state index in [9.17, 15) is 0 Å². The average molecular weight is 778 g/mol. The Morgan fingerprint density at radius 2 is 0.917 bits per heavy atom. The van der Waals surface area contributed by atoms with Gasteiger partial charge in [-0.25, -0.2) is 0 Å². The van der Waals surface area contributed by atoms with Crippen LogP contribution in [0.1, 0.15) is 63.5 Å². The minimum absolute atomic E-state index is 0.0811. The fraction of sp³-hybridized carbons (Fsp3) is 0.228. The van der Waals surface area contributed by atoms with E-state index in [2.05, 4.69) is 180 Å². The summed E-state index contributed by atoms with van der Waals surface area (Å²) in [5, 5.41) is 7.89. The van der Waals surface area contributed by atoms with Gasteiger partial charge in [-0.1, -0.05) is 105 Å². The summed E-state index contributed by atoms with van der Waals surface area (Å²) < 4.78 is 2.43. The highest BCUT2D eigenvalue weighted by Gasteiger charge is 2.35. The van der Waals surface area contributed by atoms with Crippen LogP contribution in [0.3, 0.4) is 0 Å². The molecule has 1 aromatic heterocycles. The maximum atomic E-state index is 2.63. The number of para-hydroxylation sites is 2. The summed E-state index contributed by atoms with van der Waals surface area (Å²) in [5.74, 6) is 0. The smallest absolute Gasteiger partial charge is 0.0541 e. The molecule has 3 aliphatic rings. The molecule has 3 heterocycles. The Kier molecular flexibility index (Phi) is 8.24. The second-order valence-electron chi connectivity index (χ2n) is 18.2. The molecule has 0 N–H and O–H groups in total. The van der Waals surface area contributed by atoms with Gasteiger partial charge in [0.1, 0.15) is 0 Å². The van der Waals surface area contributed by atoms with Gasteiger partial charge in [0.05, 0.1) is 11.0 Å². The van der Waals surface area contributed by atoms with Gasteiger partial charge in [-0.05, 0) is 165 Å². The van der Waals surface area contributed by atoms with Gasteiger partial charge in [0.25, 0.3) is 0 Å². The lowest BCUT2D eigenvalue weighted by atomic mass is 9.80. The summed E-state index contributed by atoms with van der Waals surface area (Å²) in [4.78, 5) is 5.25. The Labute approximate surface area is 353 Å². The largest absolute Gasteiger partial charge is 0.372 e. The van der Waals surface area contributed by atoms with Crippen molar-refractivity contribution >= 4 is 54.7 Å². The second kappa shape index (κ2) is 13.9. The summed E-state index contributed by atoms with van der Waals surface area (Å²) in [7, 11) is 0. The lowest BCUT2D eigenvalue weighted by Crippen LogP contribution is -2.29. The zero-order valence-electron chi connectivity index (χ0n) is 34.8. The Morgan fingerprint density at radius 3 is 1.60 bits per heavy atom. The van der Waals surface area contributed by atoms with E-state index >= 15 is 0 Å². The number of anilines is 2. The van der Waals surface area contributed by atoms with E-state index in [4.69, 9.17) is 0 Å². The zero-order chi connectivity index (χ0) is 40.0. The van der Waals surface area contributed by atoms with Crippen molar-refractivity contribution in [2.24, 2.45) is 0 Å². The highest BCUT2D eigenvalue weighted by atomic mass is 15.1. The molecule has 8 aromatic carbocycles. The van der Waals surface area contributed by atoms with Crippen molar-refractivity contribution in [2.45, 2.75) is 57.8 Å². The zero-order valence-corrected chi connectivity index (χ0v) is 34.8. The molecule has 60 heavy (non-hydrogen) atoms. The standard InChI is InChI=1S/C57H51N3/c1-57(2)51-20-10-8-18-43(51)44-26-22-39(35-52(44)57)56-47-28-25-41(58-30-12-4-13-31-58)36-49(47)55(46-27-24-42(37-50(46)56)59-32-14-5-15-33-59)38-23-29-54-48(34-38)45-19-9-11-21-53(45)60(54)40-16-6-3-7-17-40/h3,6-11,16-29,34-37H,4-5,12-15,30-33H2,1-2H3. The van der Waals surface area contributed by atoms with Crippen LogP contribution in [0.15, 0.2) is 152 Å². The van der Waals surface area contributed by atoms with E-state index in [-0.39, 0.29) is 5.41 Å². The molecular weight excluding hydrogens is 727 g/mol. The molecule has 0 atom stereocenters. The first-order chi connectivity index (χ1) is 29.5.